The molecule has 0 spiro atoms. The number of methoxy groups -OCH3 is 1. The monoisotopic (exact) mass is 499 g/mol. The lowest BCUT2D eigenvalue weighted by Crippen LogP contribution is -2.36. The molecule has 0 aliphatic carbocycles. The molecule has 0 aromatic heterocycles. The molecule has 2 amide bonds. The maximum Gasteiger partial charge on any atom is 0.279 e. The van der Waals surface area contributed by atoms with Crippen LogP contribution in [-0.2, 0) is 9.53 Å². The van der Waals surface area contributed by atoms with Gasteiger partial charge in [0.15, 0.2) is 5.17 Å². The van der Waals surface area contributed by atoms with Crippen molar-refractivity contribution in [3.8, 4) is 5.75 Å². The van der Waals surface area contributed by atoms with Crippen molar-refractivity contribution in [1.82, 2.24) is 0 Å². The molecular formula is C28H25N3O4S. The second-order valence-electron chi connectivity index (χ2n) is 8.18. The normalized spacial score (nSPS) is 18.2. The van der Waals surface area contributed by atoms with Gasteiger partial charge in [-0.25, -0.2) is 0 Å². The van der Waals surface area contributed by atoms with Crippen LogP contribution in [0.2, 0.25) is 0 Å². The van der Waals surface area contributed by atoms with Crippen molar-refractivity contribution in [2.24, 2.45) is 4.99 Å². The number of ether oxygens (including phenoxy) is 2. The van der Waals surface area contributed by atoms with Crippen LogP contribution < -0.4 is 14.5 Å². The van der Waals surface area contributed by atoms with Crippen LogP contribution >= 0.6 is 11.8 Å². The Kier molecular flexibility index (Phi) is 7.16. The van der Waals surface area contributed by atoms with Crippen molar-refractivity contribution < 1.29 is 19.1 Å². The van der Waals surface area contributed by atoms with Gasteiger partial charge in [-0.3, -0.25) is 14.5 Å². The van der Waals surface area contributed by atoms with Gasteiger partial charge in [-0.2, -0.15) is 4.99 Å². The van der Waals surface area contributed by atoms with Crippen molar-refractivity contribution in [2.75, 3.05) is 43.2 Å². The molecule has 7 nitrogen and oxygen atoms in total. The molecule has 2 aliphatic heterocycles. The van der Waals surface area contributed by atoms with Gasteiger partial charge >= 0.3 is 0 Å². The second-order valence-corrected chi connectivity index (χ2v) is 9.19. The first kappa shape index (κ1) is 23.8. The van der Waals surface area contributed by atoms with Gasteiger partial charge in [0.25, 0.3) is 11.8 Å². The Morgan fingerprint density at radius 1 is 0.972 bits per heavy atom. The Balaban J connectivity index is 1.48. The molecule has 0 unspecified atom stereocenters. The summed E-state index contributed by atoms with van der Waals surface area (Å²) in [5, 5.41) is 0.287. The zero-order valence-electron chi connectivity index (χ0n) is 19.8. The van der Waals surface area contributed by atoms with E-state index in [-0.39, 0.29) is 11.1 Å². The lowest BCUT2D eigenvalue weighted by molar-refractivity contribution is -0.113. The minimum atomic E-state index is -0.415. The third-order valence-electron chi connectivity index (χ3n) is 5.92. The van der Waals surface area contributed by atoms with Crippen LogP contribution in [0, 0.1) is 0 Å². The van der Waals surface area contributed by atoms with Crippen molar-refractivity contribution in [3.63, 3.8) is 0 Å². The molecule has 0 atom stereocenters. The first-order valence-corrected chi connectivity index (χ1v) is 12.4. The number of hydrogen-bond donors (Lipinski definition) is 0. The maximum absolute atomic E-state index is 13.6. The van der Waals surface area contributed by atoms with E-state index in [1.807, 2.05) is 48.5 Å². The van der Waals surface area contributed by atoms with Gasteiger partial charge in [0.05, 0.1) is 30.9 Å². The molecule has 0 saturated carbocycles. The Labute approximate surface area is 214 Å². The number of anilines is 2. The minimum Gasteiger partial charge on any atom is -0.495 e. The summed E-state index contributed by atoms with van der Waals surface area (Å²) in [6.07, 6.45) is 1.83. The molecule has 2 aliphatic rings. The van der Waals surface area contributed by atoms with E-state index in [0.717, 1.165) is 37.6 Å². The summed E-state index contributed by atoms with van der Waals surface area (Å²) in [4.78, 5) is 35.0. The van der Waals surface area contributed by atoms with Gasteiger partial charge in [0.2, 0.25) is 0 Å². The molecule has 3 aromatic carbocycles. The highest BCUT2D eigenvalue weighted by Gasteiger charge is 2.36. The first-order valence-electron chi connectivity index (χ1n) is 11.6. The van der Waals surface area contributed by atoms with E-state index < -0.39 is 5.91 Å². The Morgan fingerprint density at radius 2 is 1.67 bits per heavy atom. The van der Waals surface area contributed by atoms with E-state index in [4.69, 9.17) is 9.47 Å². The molecule has 0 N–H and O–H groups in total. The molecule has 182 valence electrons. The average Bonchev–Trinajstić information content (AvgIpc) is 3.23. The number of amides is 2. The van der Waals surface area contributed by atoms with E-state index in [1.165, 1.54) is 16.7 Å². The summed E-state index contributed by atoms with van der Waals surface area (Å²) in [5.74, 6) is -0.161. The summed E-state index contributed by atoms with van der Waals surface area (Å²) in [5.41, 5.74) is 2.99. The van der Waals surface area contributed by atoms with Crippen molar-refractivity contribution in [3.05, 3.63) is 94.9 Å². The molecule has 5 rings (SSSR count). The number of hydrogen-bond acceptors (Lipinski definition) is 6. The fraction of sp³-hybridized carbons (Fsp3) is 0.179. The Hall–Kier alpha value is -3.88. The number of nitrogens with zero attached hydrogens (tertiary/aromatic N) is 3. The highest BCUT2D eigenvalue weighted by atomic mass is 32.2. The molecule has 3 aromatic rings. The standard InChI is InChI=1S/C28H25N3O4S/c1-34-24-10-6-5-9-23(24)31-27(33)25(36-28(31)29-26(32)21-7-3-2-4-8-21)19-20-11-13-22(14-12-20)30-15-17-35-18-16-30/h2-14,19H,15-18H2,1H3/b25-19-,29-28?. The number of morpholine rings is 1. The smallest absolute Gasteiger partial charge is 0.279 e. The lowest BCUT2D eigenvalue weighted by Gasteiger charge is -2.28. The topological polar surface area (TPSA) is 71.4 Å². The van der Waals surface area contributed by atoms with Crippen LogP contribution in [0.1, 0.15) is 15.9 Å². The number of carbonyl (C=O) groups is 2. The fourth-order valence-corrected chi connectivity index (χ4v) is 5.03. The van der Waals surface area contributed by atoms with Gasteiger partial charge in [0.1, 0.15) is 5.75 Å². The van der Waals surface area contributed by atoms with Crippen LogP contribution in [0.4, 0.5) is 11.4 Å². The van der Waals surface area contributed by atoms with Crippen molar-refractivity contribution in [2.45, 2.75) is 0 Å². The molecule has 8 heteroatoms. The molecular weight excluding hydrogens is 474 g/mol. The minimum absolute atomic E-state index is 0.263. The Bertz CT molecular complexity index is 1320. The molecule has 36 heavy (non-hydrogen) atoms. The van der Waals surface area contributed by atoms with Crippen molar-refractivity contribution in [1.29, 1.82) is 0 Å². The average molecular weight is 500 g/mol. The van der Waals surface area contributed by atoms with Crippen LogP contribution in [0.5, 0.6) is 5.75 Å². The molecule has 2 heterocycles. The van der Waals surface area contributed by atoms with Crippen LogP contribution in [0.25, 0.3) is 6.08 Å². The Morgan fingerprint density at radius 3 is 2.39 bits per heavy atom. The highest BCUT2D eigenvalue weighted by Crippen LogP contribution is 2.40. The molecule has 0 bridgehead atoms. The second kappa shape index (κ2) is 10.8. The SMILES string of the molecule is COc1ccccc1N1C(=O)/C(=C/c2ccc(N3CCOCC3)cc2)SC1=NC(=O)c1ccccc1. The third kappa shape index (κ3) is 5.05. The number of para-hydroxylation sites is 2. The summed E-state index contributed by atoms with van der Waals surface area (Å²) in [6, 6.07) is 24.1. The highest BCUT2D eigenvalue weighted by molar-refractivity contribution is 8.19. The molecule has 2 saturated heterocycles. The number of benzene rings is 3. The zero-order chi connectivity index (χ0) is 24.9. The van der Waals surface area contributed by atoms with Crippen LogP contribution in [0.15, 0.2) is 88.8 Å². The van der Waals surface area contributed by atoms with Crippen molar-refractivity contribution >= 4 is 46.2 Å². The summed E-state index contributed by atoms with van der Waals surface area (Å²) in [7, 11) is 1.55. The van der Waals surface area contributed by atoms with Gasteiger partial charge in [-0.15, -0.1) is 0 Å². The number of aliphatic imine (C=N–C) groups is 1. The predicted octanol–water partition coefficient (Wildman–Crippen LogP) is 4.85. The molecule has 0 radical (unpaired) electrons. The maximum atomic E-state index is 13.6. The van der Waals surface area contributed by atoms with Crippen LogP contribution in [-0.4, -0.2) is 50.4 Å². The predicted molar refractivity (Wildman–Crippen MR) is 144 cm³/mol. The summed E-state index contributed by atoms with van der Waals surface area (Å²) < 4.78 is 10.9. The number of carbonyl (C=O) groups excluding carboxylic acids is 2. The quantitative estimate of drug-likeness (QED) is 0.468. The fourth-order valence-electron chi connectivity index (χ4n) is 4.06. The number of amidine groups is 1. The van der Waals surface area contributed by atoms with Crippen LogP contribution in [0.3, 0.4) is 0 Å². The molecule has 2 fully saturated rings. The van der Waals surface area contributed by atoms with E-state index in [1.54, 1.807) is 43.5 Å². The zero-order valence-corrected chi connectivity index (χ0v) is 20.6. The summed E-state index contributed by atoms with van der Waals surface area (Å²) in [6.45, 7) is 3.16. The van der Waals surface area contributed by atoms with Gasteiger partial charge in [-0.1, -0.05) is 42.5 Å². The van der Waals surface area contributed by atoms with E-state index in [9.17, 15) is 9.59 Å². The third-order valence-corrected chi connectivity index (χ3v) is 6.89. The number of rotatable bonds is 5. The van der Waals surface area contributed by atoms with Gasteiger partial charge in [0, 0.05) is 24.3 Å². The van der Waals surface area contributed by atoms with E-state index >= 15 is 0 Å². The van der Waals surface area contributed by atoms with Gasteiger partial charge in [-0.05, 0) is 59.8 Å². The van der Waals surface area contributed by atoms with E-state index in [0.29, 0.717) is 21.9 Å². The largest absolute Gasteiger partial charge is 0.495 e. The van der Waals surface area contributed by atoms with Gasteiger partial charge < -0.3 is 14.4 Å². The van der Waals surface area contributed by atoms with E-state index in [2.05, 4.69) is 9.89 Å². The number of thioether (sulfide) groups is 1. The summed E-state index contributed by atoms with van der Waals surface area (Å²) >= 11 is 1.18. The first-order chi connectivity index (χ1) is 17.6. The lowest BCUT2D eigenvalue weighted by atomic mass is 10.1.